The quantitative estimate of drug-likeness (QED) is 0.476. The fourth-order valence-corrected chi connectivity index (χ4v) is 2.85. The fourth-order valence-electron chi connectivity index (χ4n) is 2.85. The van der Waals surface area contributed by atoms with E-state index in [4.69, 9.17) is 14.6 Å². The van der Waals surface area contributed by atoms with Crippen LogP contribution in [0, 0.1) is 0 Å². The molecule has 3 rings (SSSR count). The Labute approximate surface area is 192 Å². The number of rotatable bonds is 8. The molecule has 0 radical (unpaired) electrons. The zero-order valence-electron chi connectivity index (χ0n) is 18.5. The van der Waals surface area contributed by atoms with E-state index in [1.54, 1.807) is 13.1 Å². The molecule has 0 amide bonds. The molecule has 0 spiro atoms. The third-order valence-electron chi connectivity index (χ3n) is 4.86. The average molecular weight is 477 g/mol. The van der Waals surface area contributed by atoms with Gasteiger partial charge in [-0.25, -0.2) is 14.3 Å². The van der Waals surface area contributed by atoms with E-state index in [0.29, 0.717) is 11.3 Å². The molecule has 0 aliphatic heterocycles. The molecule has 0 saturated carbocycles. The predicted octanol–water partition coefficient (Wildman–Crippen LogP) is 4.51. The number of esters is 1. The van der Waals surface area contributed by atoms with Crippen LogP contribution in [0.3, 0.4) is 0 Å². The second-order valence-corrected chi connectivity index (χ2v) is 8.03. The molecule has 1 aromatic heterocycles. The van der Waals surface area contributed by atoms with Crippen LogP contribution in [0.15, 0.2) is 54.7 Å². The van der Waals surface area contributed by atoms with E-state index in [1.165, 1.54) is 54.9 Å². The molecule has 0 bridgehead atoms. The van der Waals surface area contributed by atoms with E-state index in [-0.39, 0.29) is 17.9 Å². The summed E-state index contributed by atoms with van der Waals surface area (Å²) in [5, 5.41) is 17.0. The van der Waals surface area contributed by atoms with Gasteiger partial charge in [-0.15, -0.1) is 5.10 Å². The number of benzene rings is 2. The molecule has 3 aromatic rings. The van der Waals surface area contributed by atoms with Crippen molar-refractivity contribution >= 4 is 11.9 Å². The summed E-state index contributed by atoms with van der Waals surface area (Å²) in [7, 11) is 0. The monoisotopic (exact) mass is 477 g/mol. The van der Waals surface area contributed by atoms with Gasteiger partial charge in [0.05, 0.1) is 23.9 Å². The van der Waals surface area contributed by atoms with Gasteiger partial charge in [0.25, 0.3) is 0 Å². The topological polar surface area (TPSA) is 104 Å². The van der Waals surface area contributed by atoms with Crippen molar-refractivity contribution in [2.75, 3.05) is 0 Å². The first kappa shape index (κ1) is 24.7. The van der Waals surface area contributed by atoms with Crippen molar-refractivity contribution in [1.82, 2.24) is 15.0 Å². The van der Waals surface area contributed by atoms with Gasteiger partial charge in [0.1, 0.15) is 17.5 Å². The van der Waals surface area contributed by atoms with Crippen molar-refractivity contribution in [2.45, 2.75) is 45.2 Å². The Morgan fingerprint density at radius 3 is 2.24 bits per heavy atom. The molecule has 0 saturated heterocycles. The van der Waals surface area contributed by atoms with Crippen LogP contribution in [0.1, 0.15) is 54.1 Å². The maximum absolute atomic E-state index is 12.7. The molecular formula is C23H22F3N3O5. The highest BCUT2D eigenvalue weighted by Crippen LogP contribution is 2.29. The third-order valence-corrected chi connectivity index (χ3v) is 4.86. The van der Waals surface area contributed by atoms with E-state index in [1.807, 2.05) is 0 Å². The van der Waals surface area contributed by atoms with E-state index in [0.717, 1.165) is 12.1 Å². The fraction of sp³-hybridized carbons (Fsp3) is 0.304. The molecule has 1 heterocycles. The maximum Gasteiger partial charge on any atom is 0.416 e. The zero-order chi connectivity index (χ0) is 25.1. The van der Waals surface area contributed by atoms with E-state index in [2.05, 4.69) is 10.3 Å². The minimum atomic E-state index is -4.40. The SMILES string of the molecule is C[C@@H](OC(=O)c1ccc(OC(C)(C)C(=O)O)cc1)c1cn(Cc2ccc(C(F)(F)F)cc2)nn1. The molecule has 34 heavy (non-hydrogen) atoms. The first-order valence-corrected chi connectivity index (χ1v) is 10.1. The van der Waals surface area contributed by atoms with E-state index < -0.39 is 35.4 Å². The number of nitrogens with zero attached hydrogens (tertiary/aromatic N) is 3. The van der Waals surface area contributed by atoms with Crippen molar-refractivity contribution < 1.29 is 37.3 Å². The normalized spacial score (nSPS) is 12.8. The summed E-state index contributed by atoms with van der Waals surface area (Å²) in [5.74, 6) is -1.48. The van der Waals surface area contributed by atoms with Crippen LogP contribution in [-0.2, 0) is 22.3 Å². The first-order valence-electron chi connectivity index (χ1n) is 10.1. The summed E-state index contributed by atoms with van der Waals surface area (Å²) in [6, 6.07) is 10.5. The molecule has 0 fully saturated rings. The lowest BCUT2D eigenvalue weighted by Gasteiger charge is -2.21. The number of hydrogen-bond acceptors (Lipinski definition) is 6. The van der Waals surface area contributed by atoms with Crippen LogP contribution in [0.2, 0.25) is 0 Å². The third kappa shape index (κ3) is 6.12. The number of halogens is 3. The van der Waals surface area contributed by atoms with Crippen molar-refractivity contribution in [3.05, 3.63) is 77.1 Å². The summed E-state index contributed by atoms with van der Waals surface area (Å²) in [5.41, 5.74) is -0.973. The smallest absolute Gasteiger partial charge is 0.416 e. The highest BCUT2D eigenvalue weighted by molar-refractivity contribution is 5.89. The van der Waals surface area contributed by atoms with Gasteiger partial charge in [-0.2, -0.15) is 13.2 Å². The minimum absolute atomic E-state index is 0.194. The minimum Gasteiger partial charge on any atom is -0.478 e. The Kier molecular flexibility index (Phi) is 6.94. The van der Waals surface area contributed by atoms with Crippen molar-refractivity contribution in [1.29, 1.82) is 0 Å². The highest BCUT2D eigenvalue weighted by atomic mass is 19.4. The zero-order valence-corrected chi connectivity index (χ0v) is 18.5. The number of carboxylic acids is 1. The number of carbonyl (C=O) groups is 2. The molecule has 8 nitrogen and oxygen atoms in total. The Bertz CT molecular complexity index is 1160. The lowest BCUT2D eigenvalue weighted by molar-refractivity contribution is -0.152. The van der Waals surface area contributed by atoms with E-state index >= 15 is 0 Å². The molecule has 11 heteroatoms. The number of aliphatic carboxylic acids is 1. The first-order chi connectivity index (χ1) is 15.8. The second kappa shape index (κ2) is 9.54. The Balaban J connectivity index is 1.59. The molecule has 1 atom stereocenters. The summed E-state index contributed by atoms with van der Waals surface area (Å²) < 4.78 is 50.3. The largest absolute Gasteiger partial charge is 0.478 e. The molecule has 0 aliphatic carbocycles. The number of ether oxygens (including phenoxy) is 2. The number of carbonyl (C=O) groups excluding carboxylic acids is 1. The number of carboxylic acid groups (broad SMARTS) is 1. The van der Waals surface area contributed by atoms with Crippen LogP contribution in [-0.4, -0.2) is 37.6 Å². The highest BCUT2D eigenvalue weighted by Gasteiger charge is 2.30. The van der Waals surface area contributed by atoms with Crippen molar-refractivity contribution in [3.63, 3.8) is 0 Å². The van der Waals surface area contributed by atoms with Crippen LogP contribution in [0.5, 0.6) is 5.75 Å². The Morgan fingerprint density at radius 2 is 1.68 bits per heavy atom. The van der Waals surface area contributed by atoms with Crippen molar-refractivity contribution in [2.24, 2.45) is 0 Å². The molecule has 180 valence electrons. The maximum atomic E-state index is 12.7. The lowest BCUT2D eigenvalue weighted by Crippen LogP contribution is -2.37. The van der Waals surface area contributed by atoms with Gasteiger partial charge in [0.2, 0.25) is 0 Å². The summed E-state index contributed by atoms with van der Waals surface area (Å²) in [6.07, 6.45) is -3.60. The van der Waals surface area contributed by atoms with Gasteiger partial charge in [-0.1, -0.05) is 17.3 Å². The van der Waals surface area contributed by atoms with Gasteiger partial charge < -0.3 is 14.6 Å². The van der Waals surface area contributed by atoms with Crippen LogP contribution in [0.25, 0.3) is 0 Å². The molecule has 0 unspecified atom stereocenters. The molecule has 0 aliphatic rings. The van der Waals surface area contributed by atoms with Crippen LogP contribution in [0.4, 0.5) is 13.2 Å². The number of hydrogen-bond donors (Lipinski definition) is 1. The molecule has 2 aromatic carbocycles. The van der Waals surface area contributed by atoms with Crippen LogP contribution >= 0.6 is 0 Å². The Morgan fingerprint density at radius 1 is 1.06 bits per heavy atom. The predicted molar refractivity (Wildman–Crippen MR) is 113 cm³/mol. The van der Waals surface area contributed by atoms with Crippen LogP contribution < -0.4 is 4.74 Å². The summed E-state index contributed by atoms with van der Waals surface area (Å²) >= 11 is 0. The number of alkyl halides is 3. The lowest BCUT2D eigenvalue weighted by atomic mass is 10.1. The standard InChI is InChI=1S/C23H22F3N3O5/c1-14(33-20(30)16-6-10-18(11-7-16)34-22(2,3)21(31)32)19-13-29(28-27-19)12-15-4-8-17(9-5-15)23(24,25)26/h4-11,13-14H,12H2,1-3H3,(H,31,32)/t14-/m1/s1. The van der Waals surface area contributed by atoms with Gasteiger partial charge in [-0.3, -0.25) is 0 Å². The Hall–Kier alpha value is -3.89. The van der Waals surface area contributed by atoms with Gasteiger partial charge in [-0.05, 0) is 62.7 Å². The molecular weight excluding hydrogens is 455 g/mol. The summed E-state index contributed by atoms with van der Waals surface area (Å²) in [4.78, 5) is 23.6. The van der Waals surface area contributed by atoms with Gasteiger partial charge in [0.15, 0.2) is 5.60 Å². The van der Waals surface area contributed by atoms with Crippen molar-refractivity contribution in [3.8, 4) is 5.75 Å². The van der Waals surface area contributed by atoms with Gasteiger partial charge in [0, 0.05) is 0 Å². The average Bonchev–Trinajstić information content (AvgIpc) is 3.22. The van der Waals surface area contributed by atoms with Gasteiger partial charge >= 0.3 is 18.1 Å². The number of aromatic nitrogens is 3. The second-order valence-electron chi connectivity index (χ2n) is 8.03. The molecule has 1 N–H and O–H groups in total. The van der Waals surface area contributed by atoms with E-state index in [9.17, 15) is 22.8 Å². The summed E-state index contributed by atoms with van der Waals surface area (Å²) in [6.45, 7) is 4.62.